The van der Waals surface area contributed by atoms with Gasteiger partial charge in [-0.1, -0.05) is 19.1 Å². The lowest BCUT2D eigenvalue weighted by atomic mass is 9.38. The van der Waals surface area contributed by atoms with Crippen LogP contribution in [0.3, 0.4) is 0 Å². The highest BCUT2D eigenvalue weighted by atomic mass is 16.5. The van der Waals surface area contributed by atoms with E-state index < -0.39 is 46.0 Å². The summed E-state index contributed by atoms with van der Waals surface area (Å²) < 4.78 is 5.98. The first-order chi connectivity index (χ1) is 14.3. The molecule has 4 rings (SSSR count). The number of hydrogen-bond donors (Lipinski definition) is 3. The van der Waals surface area contributed by atoms with E-state index in [1.165, 1.54) is 6.08 Å². The Hall–Kier alpha value is -1.66. The van der Waals surface area contributed by atoms with Gasteiger partial charge in [-0.3, -0.25) is 4.79 Å². The molecule has 6 heteroatoms. The Morgan fingerprint density at radius 1 is 1.13 bits per heavy atom. The summed E-state index contributed by atoms with van der Waals surface area (Å²) in [4.78, 5) is 24.9. The molecule has 0 amide bonds. The van der Waals surface area contributed by atoms with Gasteiger partial charge < -0.3 is 20.1 Å². The molecule has 1 spiro atoms. The average molecular weight is 433 g/mol. The van der Waals surface area contributed by atoms with Crippen LogP contribution < -0.4 is 0 Å². The summed E-state index contributed by atoms with van der Waals surface area (Å²) in [5.74, 6) is -1.59. The normalized spacial score (nSPS) is 48.4. The fraction of sp³-hybridized carbons (Fsp3) is 0.760. The number of carboxylic acid groups (broad SMARTS) is 1. The number of carbonyl (C=O) groups is 2. The molecule has 3 N–H and O–H groups in total. The third kappa shape index (κ3) is 2.70. The van der Waals surface area contributed by atoms with E-state index in [0.717, 1.165) is 17.6 Å². The molecule has 4 aliphatic rings. The number of esters is 1. The summed E-state index contributed by atoms with van der Waals surface area (Å²) in [5, 5.41) is 33.3. The Morgan fingerprint density at radius 2 is 1.81 bits per heavy atom. The van der Waals surface area contributed by atoms with Crippen molar-refractivity contribution in [2.75, 3.05) is 0 Å². The molecular formula is C25H36O6. The van der Waals surface area contributed by atoms with Crippen LogP contribution in [0.1, 0.15) is 72.6 Å². The second kappa shape index (κ2) is 6.92. The summed E-state index contributed by atoms with van der Waals surface area (Å²) in [6, 6.07) is 0. The Balaban J connectivity index is 1.80. The van der Waals surface area contributed by atoms with E-state index in [2.05, 4.69) is 6.58 Å². The van der Waals surface area contributed by atoms with Crippen LogP contribution in [0.5, 0.6) is 0 Å². The van der Waals surface area contributed by atoms with Gasteiger partial charge in [0, 0.05) is 16.9 Å². The standard InChI is InChI=1S/C25H36O6/c1-14(2)12-19(27)31-20-15(3)16-6-11-25(30)22(4)9-8-18(26)23(5,21(28)29)17(22)7-10-24(20,25)13-16/h12,16-18,20,26,30H,3,6-11,13H2,1-2,4-5H3,(H,28,29)/t16-,17+,18+,20+,22-,23+,24+,25-/m1/s1. The third-order valence-electron chi connectivity index (χ3n) is 9.70. The number of aliphatic hydroxyl groups is 2. The maximum absolute atomic E-state index is 12.6. The van der Waals surface area contributed by atoms with Gasteiger partial charge in [0.15, 0.2) is 0 Å². The van der Waals surface area contributed by atoms with Crippen LogP contribution in [0.25, 0.3) is 0 Å². The topological polar surface area (TPSA) is 104 Å². The molecular weight excluding hydrogens is 396 g/mol. The number of allylic oxidation sites excluding steroid dienone is 1. The van der Waals surface area contributed by atoms with Gasteiger partial charge >= 0.3 is 11.9 Å². The third-order valence-corrected chi connectivity index (χ3v) is 9.70. The Labute approximate surface area is 184 Å². The molecule has 4 saturated carbocycles. The van der Waals surface area contributed by atoms with Gasteiger partial charge in [-0.2, -0.15) is 0 Å². The maximum Gasteiger partial charge on any atom is 0.331 e. The number of aliphatic carboxylic acids is 1. The molecule has 4 fully saturated rings. The van der Waals surface area contributed by atoms with Crippen molar-refractivity contribution in [3.63, 3.8) is 0 Å². The van der Waals surface area contributed by atoms with Gasteiger partial charge in [0.25, 0.3) is 0 Å². The van der Waals surface area contributed by atoms with Crippen molar-refractivity contribution in [3.8, 4) is 0 Å². The number of rotatable bonds is 3. The molecule has 4 aliphatic carbocycles. The minimum absolute atomic E-state index is 0.199. The van der Waals surface area contributed by atoms with Gasteiger partial charge in [-0.15, -0.1) is 0 Å². The molecule has 0 aromatic rings. The molecule has 0 unspecified atom stereocenters. The van der Waals surface area contributed by atoms with Crippen molar-refractivity contribution in [1.29, 1.82) is 0 Å². The highest BCUT2D eigenvalue weighted by Crippen LogP contribution is 2.74. The van der Waals surface area contributed by atoms with Crippen LogP contribution in [-0.2, 0) is 14.3 Å². The van der Waals surface area contributed by atoms with E-state index in [-0.39, 0.29) is 11.8 Å². The number of fused-ring (bicyclic) bond motifs is 3. The molecule has 31 heavy (non-hydrogen) atoms. The highest BCUT2D eigenvalue weighted by Gasteiger charge is 2.76. The fourth-order valence-electron chi connectivity index (χ4n) is 8.03. The molecule has 2 bridgehead atoms. The van der Waals surface area contributed by atoms with Crippen LogP contribution in [0.2, 0.25) is 0 Å². The molecule has 0 aliphatic heterocycles. The second-order valence-electron chi connectivity index (χ2n) is 11.2. The summed E-state index contributed by atoms with van der Waals surface area (Å²) in [6.07, 6.45) is 3.95. The Kier molecular flexibility index (Phi) is 5.03. The molecule has 8 atom stereocenters. The van der Waals surface area contributed by atoms with Gasteiger partial charge in [-0.05, 0) is 83.1 Å². The van der Waals surface area contributed by atoms with E-state index in [9.17, 15) is 24.9 Å². The average Bonchev–Trinajstić information content (AvgIpc) is 2.89. The molecule has 0 aromatic heterocycles. The van der Waals surface area contributed by atoms with E-state index >= 15 is 0 Å². The minimum Gasteiger partial charge on any atom is -0.481 e. The van der Waals surface area contributed by atoms with Crippen molar-refractivity contribution in [1.82, 2.24) is 0 Å². The van der Waals surface area contributed by atoms with Crippen molar-refractivity contribution in [2.24, 2.45) is 28.1 Å². The zero-order valence-corrected chi connectivity index (χ0v) is 19.1. The zero-order valence-electron chi connectivity index (χ0n) is 19.1. The van der Waals surface area contributed by atoms with Gasteiger partial charge in [0.1, 0.15) is 6.10 Å². The lowest BCUT2D eigenvalue weighted by molar-refractivity contribution is -0.288. The fourth-order valence-corrected chi connectivity index (χ4v) is 8.03. The predicted octanol–water partition coefficient (Wildman–Crippen LogP) is 3.61. The minimum atomic E-state index is -1.31. The van der Waals surface area contributed by atoms with Crippen molar-refractivity contribution < 1.29 is 29.6 Å². The van der Waals surface area contributed by atoms with E-state index in [1.54, 1.807) is 6.92 Å². The summed E-state index contributed by atoms with van der Waals surface area (Å²) >= 11 is 0. The van der Waals surface area contributed by atoms with Crippen LogP contribution >= 0.6 is 0 Å². The number of hydrogen-bond acceptors (Lipinski definition) is 5. The van der Waals surface area contributed by atoms with E-state index in [0.29, 0.717) is 38.5 Å². The van der Waals surface area contributed by atoms with E-state index in [1.807, 2.05) is 20.8 Å². The first-order valence-corrected chi connectivity index (χ1v) is 11.5. The molecule has 0 aromatic carbocycles. The van der Waals surface area contributed by atoms with Crippen LogP contribution in [0.15, 0.2) is 23.8 Å². The van der Waals surface area contributed by atoms with E-state index in [4.69, 9.17) is 4.74 Å². The molecule has 0 heterocycles. The number of carboxylic acids is 1. The molecule has 0 saturated heterocycles. The van der Waals surface area contributed by atoms with Crippen LogP contribution in [0.4, 0.5) is 0 Å². The van der Waals surface area contributed by atoms with Gasteiger partial charge in [0.05, 0.1) is 17.1 Å². The van der Waals surface area contributed by atoms with Crippen molar-refractivity contribution >= 4 is 11.9 Å². The smallest absolute Gasteiger partial charge is 0.331 e. The first kappa shape index (κ1) is 22.5. The molecule has 172 valence electrons. The molecule has 6 nitrogen and oxygen atoms in total. The predicted molar refractivity (Wildman–Crippen MR) is 115 cm³/mol. The SMILES string of the molecule is C=C1[C@@H]2CC[C@]3(O)[C@@](CC[C@@H]4[C@](C)(C(=O)O)[C@@H](O)CC[C@]43C)(C2)[C@H]1OC(=O)C=C(C)C. The van der Waals surface area contributed by atoms with Crippen molar-refractivity contribution in [2.45, 2.75) is 90.4 Å². The summed E-state index contributed by atoms with van der Waals surface area (Å²) in [6.45, 7) is 11.6. The summed E-state index contributed by atoms with van der Waals surface area (Å²) in [7, 11) is 0. The lowest BCUT2D eigenvalue weighted by Gasteiger charge is -2.68. The Morgan fingerprint density at radius 3 is 2.42 bits per heavy atom. The van der Waals surface area contributed by atoms with Gasteiger partial charge in [-0.25, -0.2) is 4.79 Å². The second-order valence-corrected chi connectivity index (χ2v) is 11.2. The van der Waals surface area contributed by atoms with Crippen molar-refractivity contribution in [3.05, 3.63) is 23.8 Å². The largest absolute Gasteiger partial charge is 0.481 e. The molecule has 0 radical (unpaired) electrons. The van der Waals surface area contributed by atoms with Crippen LogP contribution in [0, 0.1) is 28.1 Å². The summed E-state index contributed by atoms with van der Waals surface area (Å²) in [5.41, 5.74) is -2.14. The number of ether oxygens (including phenoxy) is 1. The maximum atomic E-state index is 12.6. The zero-order chi connectivity index (χ0) is 23.0. The number of carbonyl (C=O) groups excluding carboxylic acids is 1. The first-order valence-electron chi connectivity index (χ1n) is 11.5. The van der Waals surface area contributed by atoms with Gasteiger partial charge in [0.2, 0.25) is 0 Å². The lowest BCUT2D eigenvalue weighted by Crippen LogP contribution is -2.72. The number of aliphatic hydroxyl groups excluding tert-OH is 1. The Bertz CT molecular complexity index is 858. The monoisotopic (exact) mass is 432 g/mol. The quantitative estimate of drug-likeness (QED) is 0.358. The highest BCUT2D eigenvalue weighted by molar-refractivity contribution is 5.83. The van der Waals surface area contributed by atoms with Crippen LogP contribution in [-0.4, -0.2) is 45.1 Å².